The van der Waals surface area contributed by atoms with Gasteiger partial charge in [-0.15, -0.1) is 4.72 Å². The molecule has 9 nitrogen and oxygen atoms in total. The van der Waals surface area contributed by atoms with Gasteiger partial charge in [0, 0.05) is 37.3 Å². The highest BCUT2D eigenvalue weighted by atomic mass is 32.2. The van der Waals surface area contributed by atoms with Gasteiger partial charge in [-0.2, -0.15) is 0 Å². The number of carbonyl (C=O) groups excluding carboxylic acids is 2. The SMILES string of the molecule is CO[C@]1(c2ccccc2)C[C@H](C(=O)Nc2cc(C(CCC3CC3)(N[S@@+]([O-])C(C)(C)C)c3ccncc3)ccc2F)N(C(=O)OC(C)(C)C)C1. The molecule has 0 spiro atoms. The number of anilines is 1. The zero-order valence-corrected chi connectivity index (χ0v) is 30.4. The van der Waals surface area contributed by atoms with Gasteiger partial charge >= 0.3 is 6.09 Å². The first kappa shape index (κ1) is 36.8. The molecular formula is C38H49FN4O5S. The largest absolute Gasteiger partial charge is 0.598 e. The van der Waals surface area contributed by atoms with Crippen molar-refractivity contribution >= 4 is 29.0 Å². The third kappa shape index (κ3) is 8.45. The fourth-order valence-corrected chi connectivity index (χ4v) is 7.30. The number of nitrogens with zero attached hydrogens (tertiary/aromatic N) is 2. The van der Waals surface area contributed by atoms with E-state index in [2.05, 4.69) is 15.0 Å². The van der Waals surface area contributed by atoms with Crippen molar-refractivity contribution in [2.75, 3.05) is 19.0 Å². The van der Waals surface area contributed by atoms with Crippen molar-refractivity contribution in [1.29, 1.82) is 0 Å². The van der Waals surface area contributed by atoms with Crippen LogP contribution in [0.3, 0.4) is 0 Å². The lowest BCUT2D eigenvalue weighted by Gasteiger charge is -2.39. The minimum Gasteiger partial charge on any atom is -0.598 e. The third-order valence-corrected chi connectivity index (χ3v) is 10.9. The number of pyridine rings is 1. The molecule has 4 atom stereocenters. The average Bonchev–Trinajstić information content (AvgIpc) is 3.80. The lowest BCUT2D eigenvalue weighted by Crippen LogP contribution is -2.52. The minimum absolute atomic E-state index is 0.0468. The van der Waals surface area contributed by atoms with Crippen LogP contribution in [0.5, 0.6) is 0 Å². The van der Waals surface area contributed by atoms with Crippen molar-refractivity contribution in [2.45, 2.75) is 101 Å². The maximum Gasteiger partial charge on any atom is 0.411 e. The van der Waals surface area contributed by atoms with Crippen LogP contribution < -0.4 is 10.0 Å². The summed E-state index contributed by atoms with van der Waals surface area (Å²) in [4.78, 5) is 33.3. The van der Waals surface area contributed by atoms with Gasteiger partial charge < -0.3 is 19.3 Å². The van der Waals surface area contributed by atoms with E-state index in [1.807, 2.05) is 63.2 Å². The van der Waals surface area contributed by atoms with Crippen LogP contribution in [0.2, 0.25) is 0 Å². The third-order valence-electron chi connectivity index (χ3n) is 9.28. The molecule has 1 aliphatic heterocycles. The van der Waals surface area contributed by atoms with E-state index in [1.165, 1.54) is 11.0 Å². The monoisotopic (exact) mass is 692 g/mol. The van der Waals surface area contributed by atoms with Crippen LogP contribution in [0.15, 0.2) is 73.1 Å². The van der Waals surface area contributed by atoms with Gasteiger partial charge in [0.2, 0.25) is 5.91 Å². The molecule has 2 N–H and O–H groups in total. The van der Waals surface area contributed by atoms with Crippen molar-refractivity contribution in [1.82, 2.24) is 14.6 Å². The highest BCUT2D eigenvalue weighted by Crippen LogP contribution is 2.44. The summed E-state index contributed by atoms with van der Waals surface area (Å²) >= 11 is -1.50. The van der Waals surface area contributed by atoms with Gasteiger partial charge in [-0.1, -0.05) is 49.2 Å². The summed E-state index contributed by atoms with van der Waals surface area (Å²) in [6.45, 7) is 11.1. The van der Waals surface area contributed by atoms with Crippen LogP contribution in [0, 0.1) is 11.7 Å². The Hall–Kier alpha value is -3.51. The molecule has 1 saturated carbocycles. The topological polar surface area (TPSA) is 116 Å². The van der Waals surface area contributed by atoms with E-state index in [0.29, 0.717) is 17.9 Å². The molecule has 0 bridgehead atoms. The normalized spacial score (nSPS) is 21.6. The number of benzene rings is 2. The molecule has 11 heteroatoms. The molecule has 1 saturated heterocycles. The van der Waals surface area contributed by atoms with Crippen molar-refractivity contribution in [3.63, 3.8) is 0 Å². The zero-order chi connectivity index (χ0) is 35.6. The first-order chi connectivity index (χ1) is 23.1. The zero-order valence-electron chi connectivity index (χ0n) is 29.5. The maximum absolute atomic E-state index is 15.7. The smallest absolute Gasteiger partial charge is 0.411 e. The molecule has 0 radical (unpaired) electrons. The minimum atomic E-state index is -1.50. The second-order valence-corrected chi connectivity index (χ2v) is 17.1. The Kier molecular flexibility index (Phi) is 10.8. The number of nitrogens with one attached hydrogen (secondary N) is 2. The number of carbonyl (C=O) groups is 2. The summed E-state index contributed by atoms with van der Waals surface area (Å²) < 4.78 is 44.1. The molecule has 2 aromatic carbocycles. The van der Waals surface area contributed by atoms with Gasteiger partial charge in [0.25, 0.3) is 0 Å². The first-order valence-electron chi connectivity index (χ1n) is 16.9. The summed E-state index contributed by atoms with van der Waals surface area (Å²) in [6.07, 6.45) is 6.61. The lowest BCUT2D eigenvalue weighted by molar-refractivity contribution is -0.120. The van der Waals surface area contributed by atoms with Crippen LogP contribution in [-0.2, 0) is 36.8 Å². The molecule has 1 unspecified atom stereocenters. The summed E-state index contributed by atoms with van der Waals surface area (Å²) in [7, 11) is 1.55. The second kappa shape index (κ2) is 14.4. The van der Waals surface area contributed by atoms with Gasteiger partial charge in [0.15, 0.2) is 0 Å². The molecule has 1 aliphatic carbocycles. The molecule has 264 valence electrons. The summed E-state index contributed by atoms with van der Waals surface area (Å²) in [5.41, 5.74) is -0.504. The Morgan fingerprint density at radius 2 is 1.69 bits per heavy atom. The number of methoxy groups -OCH3 is 1. The first-order valence-corrected chi connectivity index (χ1v) is 18.0. The second-order valence-electron chi connectivity index (χ2n) is 15.2. The molecular weight excluding hydrogens is 644 g/mol. The summed E-state index contributed by atoms with van der Waals surface area (Å²) in [6, 6.07) is 16.8. The van der Waals surface area contributed by atoms with E-state index >= 15 is 4.39 Å². The summed E-state index contributed by atoms with van der Waals surface area (Å²) in [5, 5.41) is 2.80. The molecule has 2 amide bonds. The fraction of sp³-hybridized carbons (Fsp3) is 0.500. The Morgan fingerprint density at radius 3 is 2.29 bits per heavy atom. The van der Waals surface area contributed by atoms with E-state index in [1.54, 1.807) is 52.4 Å². The highest BCUT2D eigenvalue weighted by molar-refractivity contribution is 7.90. The van der Waals surface area contributed by atoms with Gasteiger partial charge in [-0.05, 0) is 101 Å². The molecule has 5 rings (SSSR count). The van der Waals surface area contributed by atoms with E-state index in [0.717, 1.165) is 30.4 Å². The van der Waals surface area contributed by atoms with Crippen molar-refractivity contribution in [3.05, 3.63) is 95.6 Å². The number of hydrogen-bond acceptors (Lipinski definition) is 7. The van der Waals surface area contributed by atoms with E-state index < -0.39 is 56.7 Å². The van der Waals surface area contributed by atoms with E-state index in [4.69, 9.17) is 9.47 Å². The molecule has 1 aromatic heterocycles. The fourth-order valence-electron chi connectivity index (χ4n) is 6.34. The predicted octanol–water partition coefficient (Wildman–Crippen LogP) is 7.20. The lowest BCUT2D eigenvalue weighted by atomic mass is 9.79. The molecule has 49 heavy (non-hydrogen) atoms. The number of likely N-dealkylation sites (tertiary alicyclic amines) is 1. The van der Waals surface area contributed by atoms with Gasteiger partial charge in [0.1, 0.15) is 33.3 Å². The van der Waals surface area contributed by atoms with Crippen molar-refractivity contribution < 1.29 is 28.0 Å². The van der Waals surface area contributed by atoms with Gasteiger partial charge in [-0.25, -0.2) is 9.18 Å². The van der Waals surface area contributed by atoms with Crippen molar-refractivity contribution in [2.24, 2.45) is 5.92 Å². The standard InChI is InChI=1S/C38H49FN4O5S/c1-35(2,3)48-34(45)43-25-37(47-7,27-11-9-8-10-12-27)24-32(43)33(44)41-31-23-29(15-16-30(31)39)38(20-17-26-13-14-26,28-18-21-40-22-19-28)42-49(46)36(4,5)6/h8-12,15-16,18-19,21-23,26,32,42H,13-14,17,20,24-25H2,1-7H3,(H,41,44)/t32-,37-,38?,49+/m1/s1. The van der Waals surface area contributed by atoms with E-state index in [-0.39, 0.29) is 18.7 Å². The Balaban J connectivity index is 1.53. The van der Waals surface area contributed by atoms with E-state index in [9.17, 15) is 14.1 Å². The summed E-state index contributed by atoms with van der Waals surface area (Å²) in [5.74, 6) is -0.643. The quantitative estimate of drug-likeness (QED) is 0.204. The Labute approximate surface area is 292 Å². The number of aromatic nitrogens is 1. The highest BCUT2D eigenvalue weighted by Gasteiger charge is 2.51. The number of amides is 2. The predicted molar refractivity (Wildman–Crippen MR) is 190 cm³/mol. The maximum atomic E-state index is 15.7. The van der Waals surface area contributed by atoms with Gasteiger partial charge in [0.05, 0.1) is 12.2 Å². The molecule has 2 heterocycles. The number of rotatable bonds is 11. The molecule has 2 fully saturated rings. The molecule has 2 aliphatic rings. The van der Waals surface area contributed by atoms with Crippen LogP contribution in [0.25, 0.3) is 0 Å². The number of hydrogen-bond donors (Lipinski definition) is 2. The van der Waals surface area contributed by atoms with Crippen LogP contribution in [0.1, 0.15) is 90.3 Å². The van der Waals surface area contributed by atoms with Crippen LogP contribution in [0.4, 0.5) is 14.9 Å². The van der Waals surface area contributed by atoms with Crippen LogP contribution in [-0.4, -0.2) is 56.5 Å². The number of ether oxygens (including phenoxy) is 2. The van der Waals surface area contributed by atoms with Crippen LogP contribution >= 0.6 is 0 Å². The Morgan fingerprint density at radius 1 is 1.02 bits per heavy atom. The van der Waals surface area contributed by atoms with Crippen molar-refractivity contribution in [3.8, 4) is 0 Å². The Bertz CT molecular complexity index is 1610. The average molecular weight is 693 g/mol. The van der Waals surface area contributed by atoms with Gasteiger partial charge in [-0.3, -0.25) is 14.7 Å². The number of halogens is 1. The molecule has 3 aromatic rings.